The van der Waals surface area contributed by atoms with E-state index in [4.69, 9.17) is 4.98 Å². The summed E-state index contributed by atoms with van der Waals surface area (Å²) in [5.41, 5.74) is 6.15. The Labute approximate surface area is 213 Å². The molecule has 8 heteroatoms. The number of hydrogen-bond acceptors (Lipinski definition) is 4. The molecular formula is C29H28F3N3O2. The zero-order chi connectivity index (χ0) is 26.0. The van der Waals surface area contributed by atoms with Crippen molar-refractivity contribution in [1.82, 2.24) is 9.55 Å². The van der Waals surface area contributed by atoms with Crippen LogP contribution in [0.4, 0.5) is 24.8 Å². The average Bonchev–Trinajstić information content (AvgIpc) is 3.19. The van der Waals surface area contributed by atoms with E-state index < -0.39 is 6.36 Å². The first-order valence-electron chi connectivity index (χ1n) is 12.4. The number of benzene rings is 3. The molecule has 0 amide bonds. The molecule has 4 aromatic rings. The van der Waals surface area contributed by atoms with Gasteiger partial charge < -0.3 is 19.4 Å². The Bertz CT molecular complexity index is 1410. The van der Waals surface area contributed by atoms with Crippen LogP contribution in [-0.2, 0) is 24.2 Å². The second-order valence-electron chi connectivity index (χ2n) is 9.56. The van der Waals surface area contributed by atoms with E-state index in [0.717, 1.165) is 42.4 Å². The fourth-order valence-electron chi connectivity index (χ4n) is 5.07. The predicted molar refractivity (Wildman–Crippen MR) is 137 cm³/mol. The van der Waals surface area contributed by atoms with Crippen LogP contribution in [0.25, 0.3) is 11.0 Å². The third-order valence-electron chi connectivity index (χ3n) is 6.82. The van der Waals surface area contributed by atoms with Gasteiger partial charge in [-0.1, -0.05) is 30.3 Å². The first-order chi connectivity index (χ1) is 17.7. The number of imidazole rings is 1. The Morgan fingerprint density at radius 1 is 1.11 bits per heavy atom. The first kappa shape index (κ1) is 24.9. The Balaban J connectivity index is 1.48. The molecule has 0 saturated carbocycles. The monoisotopic (exact) mass is 507 g/mol. The van der Waals surface area contributed by atoms with E-state index in [1.165, 1.54) is 23.3 Å². The number of anilines is 2. The topological polar surface area (TPSA) is 56.1 Å². The molecule has 0 saturated heterocycles. The lowest BCUT2D eigenvalue weighted by atomic mass is 9.83. The molecule has 1 atom stereocenters. The molecule has 3 aromatic carbocycles. The maximum atomic E-state index is 12.5. The Morgan fingerprint density at radius 3 is 2.65 bits per heavy atom. The van der Waals surface area contributed by atoms with Gasteiger partial charge in [0.1, 0.15) is 11.5 Å². The number of ketones is 1. The lowest BCUT2D eigenvalue weighted by Crippen LogP contribution is -2.17. The summed E-state index contributed by atoms with van der Waals surface area (Å²) < 4.78 is 43.8. The van der Waals surface area contributed by atoms with Crippen LogP contribution < -0.4 is 10.1 Å². The molecule has 1 aliphatic rings. The Kier molecular flexibility index (Phi) is 6.91. The van der Waals surface area contributed by atoms with Crippen molar-refractivity contribution in [3.05, 3.63) is 83.4 Å². The van der Waals surface area contributed by atoms with Gasteiger partial charge in [-0.2, -0.15) is 0 Å². The fourth-order valence-corrected chi connectivity index (χ4v) is 5.07. The summed E-state index contributed by atoms with van der Waals surface area (Å²) in [7, 11) is 0. The van der Waals surface area contributed by atoms with Crippen molar-refractivity contribution in [2.75, 3.05) is 5.32 Å². The minimum absolute atomic E-state index is 0.141. The number of halogens is 3. The van der Waals surface area contributed by atoms with Gasteiger partial charge in [0.15, 0.2) is 0 Å². The lowest BCUT2D eigenvalue weighted by molar-refractivity contribution is -0.274. The zero-order valence-corrected chi connectivity index (χ0v) is 20.5. The van der Waals surface area contributed by atoms with E-state index in [9.17, 15) is 18.0 Å². The molecule has 1 heterocycles. The average molecular weight is 508 g/mol. The minimum Gasteiger partial charge on any atom is -0.406 e. The van der Waals surface area contributed by atoms with E-state index in [1.807, 2.05) is 18.2 Å². The molecule has 0 aliphatic heterocycles. The van der Waals surface area contributed by atoms with E-state index in [0.29, 0.717) is 30.4 Å². The maximum Gasteiger partial charge on any atom is 0.573 e. The second-order valence-corrected chi connectivity index (χ2v) is 9.56. The number of fused-ring (bicyclic) bond motifs is 2. The van der Waals surface area contributed by atoms with Crippen molar-refractivity contribution in [1.29, 1.82) is 0 Å². The molecule has 0 fully saturated rings. The number of aryl methyl sites for hydroxylation is 2. The van der Waals surface area contributed by atoms with Gasteiger partial charge in [-0.05, 0) is 85.7 Å². The standard InChI is InChI=1S/C29H28F3N3O2/c1-19(36)9-10-20-11-16-27-26(17-20)34-28(33-23-12-14-24(15-13-23)37-29(30,31)32)35(27)18-22-7-4-6-21-5-2-3-8-25(21)22/h2-3,5,8,11-17,22H,4,6-7,9-10,18H2,1H3,(H,33,34). The van der Waals surface area contributed by atoms with Gasteiger partial charge in [-0.15, -0.1) is 13.2 Å². The molecule has 5 rings (SSSR count). The van der Waals surface area contributed by atoms with Crippen LogP contribution in [0.3, 0.4) is 0 Å². The van der Waals surface area contributed by atoms with Gasteiger partial charge >= 0.3 is 6.36 Å². The predicted octanol–water partition coefficient (Wildman–Crippen LogP) is 7.32. The number of nitrogens with zero attached hydrogens (tertiary/aromatic N) is 2. The van der Waals surface area contributed by atoms with E-state index in [1.54, 1.807) is 19.1 Å². The third-order valence-corrected chi connectivity index (χ3v) is 6.82. The largest absolute Gasteiger partial charge is 0.573 e. The molecule has 0 spiro atoms. The van der Waals surface area contributed by atoms with Crippen molar-refractivity contribution in [2.24, 2.45) is 0 Å². The van der Waals surface area contributed by atoms with Crippen molar-refractivity contribution in [3.8, 4) is 5.75 Å². The highest BCUT2D eigenvalue weighted by molar-refractivity contribution is 5.81. The van der Waals surface area contributed by atoms with Crippen molar-refractivity contribution >= 4 is 28.5 Å². The van der Waals surface area contributed by atoms with Gasteiger partial charge in [0.05, 0.1) is 11.0 Å². The maximum absolute atomic E-state index is 12.5. The Morgan fingerprint density at radius 2 is 1.89 bits per heavy atom. The third kappa shape index (κ3) is 5.96. The minimum atomic E-state index is -4.74. The zero-order valence-electron chi connectivity index (χ0n) is 20.5. The SMILES string of the molecule is CC(=O)CCc1ccc2c(c1)nc(Nc1ccc(OC(F)(F)F)cc1)n2CC1CCCc2ccccc21. The summed E-state index contributed by atoms with van der Waals surface area (Å²) in [6.07, 6.45) is -0.350. The molecule has 1 aromatic heterocycles. The highest BCUT2D eigenvalue weighted by Gasteiger charge is 2.31. The number of aromatic nitrogens is 2. The number of carbonyl (C=O) groups is 1. The fraction of sp³-hybridized carbons (Fsp3) is 0.310. The number of rotatable bonds is 8. The smallest absolute Gasteiger partial charge is 0.406 e. The van der Waals surface area contributed by atoms with Crippen LogP contribution in [0, 0.1) is 0 Å². The van der Waals surface area contributed by atoms with Crippen LogP contribution in [0.5, 0.6) is 5.75 Å². The summed E-state index contributed by atoms with van der Waals surface area (Å²) in [4.78, 5) is 16.3. The van der Waals surface area contributed by atoms with Crippen LogP contribution in [-0.4, -0.2) is 21.7 Å². The molecule has 37 heavy (non-hydrogen) atoms. The summed E-state index contributed by atoms with van der Waals surface area (Å²) >= 11 is 0. The normalized spacial score (nSPS) is 15.4. The molecule has 192 valence electrons. The second kappa shape index (κ2) is 10.3. The number of nitrogens with one attached hydrogen (secondary N) is 1. The molecule has 1 N–H and O–H groups in total. The van der Waals surface area contributed by atoms with Crippen molar-refractivity contribution in [2.45, 2.75) is 57.9 Å². The summed E-state index contributed by atoms with van der Waals surface area (Å²) in [6.45, 7) is 2.31. The van der Waals surface area contributed by atoms with Crippen molar-refractivity contribution < 1.29 is 22.7 Å². The Hall–Kier alpha value is -3.81. The van der Waals surface area contributed by atoms with Crippen molar-refractivity contribution in [3.63, 3.8) is 0 Å². The highest BCUT2D eigenvalue weighted by Crippen LogP contribution is 2.35. The number of Topliss-reactive ketones (excluding diaryl/α,β-unsaturated/α-hetero) is 1. The van der Waals surface area contributed by atoms with Gasteiger partial charge in [0, 0.05) is 24.6 Å². The summed E-state index contributed by atoms with van der Waals surface area (Å²) in [5.74, 6) is 0.802. The van der Waals surface area contributed by atoms with Crippen LogP contribution >= 0.6 is 0 Å². The quantitative estimate of drug-likeness (QED) is 0.272. The van der Waals surface area contributed by atoms with E-state index in [-0.39, 0.29) is 11.5 Å². The van der Waals surface area contributed by atoms with Gasteiger partial charge in [0.2, 0.25) is 5.95 Å². The highest BCUT2D eigenvalue weighted by atomic mass is 19.4. The van der Waals surface area contributed by atoms with E-state index in [2.05, 4.69) is 38.9 Å². The molecule has 1 unspecified atom stereocenters. The van der Waals surface area contributed by atoms with Crippen LogP contribution in [0.15, 0.2) is 66.7 Å². The molecule has 1 aliphatic carbocycles. The number of alkyl halides is 3. The van der Waals surface area contributed by atoms with Gasteiger partial charge in [0.25, 0.3) is 0 Å². The lowest BCUT2D eigenvalue weighted by Gasteiger charge is -2.26. The number of ether oxygens (including phenoxy) is 1. The van der Waals surface area contributed by atoms with Crippen LogP contribution in [0.2, 0.25) is 0 Å². The number of carbonyl (C=O) groups excluding carboxylic acids is 1. The molecule has 5 nitrogen and oxygen atoms in total. The molecular weight excluding hydrogens is 479 g/mol. The summed E-state index contributed by atoms with van der Waals surface area (Å²) in [5, 5.41) is 3.30. The van der Waals surface area contributed by atoms with Gasteiger partial charge in [-0.25, -0.2) is 4.98 Å². The summed E-state index contributed by atoms with van der Waals surface area (Å²) in [6, 6.07) is 20.3. The van der Waals surface area contributed by atoms with Crippen LogP contribution in [0.1, 0.15) is 48.8 Å². The first-order valence-corrected chi connectivity index (χ1v) is 12.4. The van der Waals surface area contributed by atoms with Gasteiger partial charge in [-0.3, -0.25) is 0 Å². The number of hydrogen-bond donors (Lipinski definition) is 1. The van der Waals surface area contributed by atoms with E-state index >= 15 is 0 Å². The molecule has 0 bridgehead atoms. The molecule has 0 radical (unpaired) electrons.